The third-order valence-electron chi connectivity index (χ3n) is 5.65. The third-order valence-corrected chi connectivity index (χ3v) is 5.65. The highest BCUT2D eigenvalue weighted by Gasteiger charge is 2.24. The van der Waals surface area contributed by atoms with Crippen molar-refractivity contribution in [2.75, 3.05) is 7.11 Å². The molecule has 0 spiro atoms. The first kappa shape index (κ1) is 21.4. The molecule has 0 aliphatic heterocycles. The number of carbonyl (C=O) groups is 1. The number of ether oxygens (including phenoxy) is 1. The summed E-state index contributed by atoms with van der Waals surface area (Å²) in [6.45, 7) is 5.83. The molecule has 164 valence electrons. The van der Waals surface area contributed by atoms with Crippen LogP contribution in [0.5, 0.6) is 5.75 Å². The number of amides is 1. The van der Waals surface area contributed by atoms with Gasteiger partial charge in [-0.25, -0.2) is 4.68 Å². The maximum Gasteiger partial charge on any atom is 0.253 e. The van der Waals surface area contributed by atoms with Gasteiger partial charge in [0.1, 0.15) is 17.4 Å². The van der Waals surface area contributed by atoms with Gasteiger partial charge in [0, 0.05) is 23.6 Å². The Kier molecular flexibility index (Phi) is 5.81. The Labute approximate surface area is 186 Å². The number of hydrogen-bond acceptors (Lipinski definition) is 4. The van der Waals surface area contributed by atoms with Crippen LogP contribution in [-0.4, -0.2) is 27.4 Å². The van der Waals surface area contributed by atoms with Crippen molar-refractivity contribution in [2.24, 2.45) is 0 Å². The lowest BCUT2D eigenvalue weighted by Crippen LogP contribution is -2.36. The second-order valence-corrected chi connectivity index (χ2v) is 7.77. The van der Waals surface area contributed by atoms with Crippen LogP contribution in [0.15, 0.2) is 65.5 Å². The van der Waals surface area contributed by atoms with Crippen molar-refractivity contribution in [3.8, 4) is 11.4 Å². The van der Waals surface area contributed by atoms with Gasteiger partial charge in [-0.1, -0.05) is 36.4 Å². The summed E-state index contributed by atoms with van der Waals surface area (Å²) in [6.07, 6.45) is 0. The van der Waals surface area contributed by atoms with E-state index in [1.807, 2.05) is 68.4 Å². The van der Waals surface area contributed by atoms with Gasteiger partial charge in [0.25, 0.3) is 5.56 Å². The van der Waals surface area contributed by atoms with Crippen molar-refractivity contribution in [2.45, 2.75) is 33.4 Å². The van der Waals surface area contributed by atoms with Crippen LogP contribution in [-0.2, 0) is 11.3 Å². The zero-order valence-electron chi connectivity index (χ0n) is 18.6. The number of nitrogens with one attached hydrogen (secondary N) is 1. The summed E-state index contributed by atoms with van der Waals surface area (Å²) in [7, 11) is 1.60. The smallest absolute Gasteiger partial charge is 0.253 e. The summed E-state index contributed by atoms with van der Waals surface area (Å²) < 4.78 is 8.62. The standard InChI is InChI=1S/C25H26N4O3/c1-16-14-22(30)28(18(3)24(31)26-15-19-10-8-9-13-21(19)32-4)25-23(16)17(2)27-29(25)20-11-6-5-7-12-20/h5-14,18H,15H2,1-4H3,(H,26,31). The van der Waals surface area contributed by atoms with Crippen LogP contribution in [0.4, 0.5) is 0 Å². The predicted molar refractivity (Wildman–Crippen MR) is 124 cm³/mol. The van der Waals surface area contributed by atoms with Crippen LogP contribution < -0.4 is 15.6 Å². The number of aryl methyl sites for hydroxylation is 2. The fourth-order valence-electron chi connectivity index (χ4n) is 4.05. The maximum atomic E-state index is 13.1. The van der Waals surface area contributed by atoms with Gasteiger partial charge in [-0.3, -0.25) is 14.2 Å². The molecule has 0 fully saturated rings. The molecule has 1 unspecified atom stereocenters. The van der Waals surface area contributed by atoms with Crippen LogP contribution in [0.25, 0.3) is 16.7 Å². The average molecular weight is 431 g/mol. The number of aromatic nitrogens is 3. The largest absolute Gasteiger partial charge is 0.496 e. The summed E-state index contributed by atoms with van der Waals surface area (Å²) in [5.41, 5.74) is 3.69. The van der Waals surface area contributed by atoms with E-state index in [0.29, 0.717) is 17.9 Å². The minimum absolute atomic E-state index is 0.243. The van der Waals surface area contributed by atoms with E-state index in [1.165, 1.54) is 4.57 Å². The lowest BCUT2D eigenvalue weighted by Gasteiger charge is -2.19. The Hall–Kier alpha value is -3.87. The first-order valence-corrected chi connectivity index (χ1v) is 10.5. The highest BCUT2D eigenvalue weighted by atomic mass is 16.5. The molecular formula is C25H26N4O3. The SMILES string of the molecule is COc1ccccc1CNC(=O)C(C)n1c(=O)cc(C)c2c(C)nn(-c3ccccc3)c21. The molecule has 4 rings (SSSR count). The van der Waals surface area contributed by atoms with E-state index in [4.69, 9.17) is 4.74 Å². The molecule has 0 saturated heterocycles. The lowest BCUT2D eigenvalue weighted by molar-refractivity contribution is -0.124. The Morgan fingerprint density at radius 1 is 1.09 bits per heavy atom. The van der Waals surface area contributed by atoms with Gasteiger partial charge in [0.05, 0.1) is 18.5 Å². The number of carbonyl (C=O) groups excluding carboxylic acids is 1. The van der Waals surface area contributed by atoms with Gasteiger partial charge in [-0.15, -0.1) is 0 Å². The summed E-state index contributed by atoms with van der Waals surface area (Å²) in [4.78, 5) is 26.2. The van der Waals surface area contributed by atoms with Crippen molar-refractivity contribution in [3.05, 3.63) is 87.8 Å². The van der Waals surface area contributed by atoms with Crippen LogP contribution in [0, 0.1) is 13.8 Å². The molecule has 32 heavy (non-hydrogen) atoms. The van der Waals surface area contributed by atoms with Crippen LogP contribution in [0.2, 0.25) is 0 Å². The Bertz CT molecular complexity index is 1340. The second kappa shape index (κ2) is 8.70. The molecule has 0 aliphatic carbocycles. The van der Waals surface area contributed by atoms with Gasteiger partial charge in [0.2, 0.25) is 5.91 Å². The molecule has 1 N–H and O–H groups in total. The predicted octanol–water partition coefficient (Wildman–Crippen LogP) is 3.69. The van der Waals surface area contributed by atoms with Gasteiger partial charge in [0.15, 0.2) is 0 Å². The molecule has 7 heteroatoms. The maximum absolute atomic E-state index is 13.1. The molecule has 2 aromatic carbocycles. The monoisotopic (exact) mass is 430 g/mol. The number of fused-ring (bicyclic) bond motifs is 1. The average Bonchev–Trinajstić information content (AvgIpc) is 3.15. The fraction of sp³-hybridized carbons (Fsp3) is 0.240. The number of nitrogens with zero attached hydrogens (tertiary/aromatic N) is 3. The van der Waals surface area contributed by atoms with Crippen molar-refractivity contribution in [1.82, 2.24) is 19.7 Å². The highest BCUT2D eigenvalue weighted by molar-refractivity contribution is 5.87. The van der Waals surface area contributed by atoms with Crippen molar-refractivity contribution < 1.29 is 9.53 Å². The molecule has 7 nitrogen and oxygen atoms in total. The van der Waals surface area contributed by atoms with E-state index in [2.05, 4.69) is 10.4 Å². The number of para-hydroxylation sites is 2. The van der Waals surface area contributed by atoms with E-state index in [9.17, 15) is 9.59 Å². The van der Waals surface area contributed by atoms with E-state index in [1.54, 1.807) is 24.8 Å². The van der Waals surface area contributed by atoms with Crippen LogP contribution in [0.3, 0.4) is 0 Å². The lowest BCUT2D eigenvalue weighted by atomic mass is 10.1. The van der Waals surface area contributed by atoms with Crippen LogP contribution in [0.1, 0.15) is 29.8 Å². The van der Waals surface area contributed by atoms with Gasteiger partial charge in [-0.05, 0) is 44.5 Å². The zero-order chi connectivity index (χ0) is 22.8. The van der Waals surface area contributed by atoms with Crippen molar-refractivity contribution >= 4 is 16.9 Å². The Morgan fingerprint density at radius 2 is 1.78 bits per heavy atom. The molecule has 2 aromatic heterocycles. The number of pyridine rings is 1. The molecular weight excluding hydrogens is 404 g/mol. The van der Waals surface area contributed by atoms with E-state index in [0.717, 1.165) is 27.9 Å². The fourth-order valence-corrected chi connectivity index (χ4v) is 4.05. The number of benzene rings is 2. The molecule has 0 aliphatic rings. The molecule has 0 bridgehead atoms. The summed E-state index contributed by atoms with van der Waals surface area (Å²) in [5.74, 6) is 0.440. The van der Waals surface area contributed by atoms with Gasteiger partial charge >= 0.3 is 0 Å². The first-order valence-electron chi connectivity index (χ1n) is 10.5. The number of methoxy groups -OCH3 is 1. The Morgan fingerprint density at radius 3 is 2.50 bits per heavy atom. The Balaban J connectivity index is 1.76. The molecule has 1 amide bonds. The molecule has 0 radical (unpaired) electrons. The van der Waals surface area contributed by atoms with E-state index in [-0.39, 0.29) is 11.5 Å². The molecule has 1 atom stereocenters. The summed E-state index contributed by atoms with van der Waals surface area (Å²) in [5, 5.41) is 8.50. The van der Waals surface area contributed by atoms with E-state index >= 15 is 0 Å². The van der Waals surface area contributed by atoms with Crippen molar-refractivity contribution in [3.63, 3.8) is 0 Å². The molecule has 0 saturated carbocycles. The molecule has 2 heterocycles. The van der Waals surface area contributed by atoms with Crippen molar-refractivity contribution in [1.29, 1.82) is 0 Å². The summed E-state index contributed by atoms with van der Waals surface area (Å²) in [6, 6.07) is 18.0. The minimum atomic E-state index is -0.737. The number of rotatable bonds is 6. The minimum Gasteiger partial charge on any atom is -0.496 e. The van der Waals surface area contributed by atoms with Gasteiger partial charge in [-0.2, -0.15) is 5.10 Å². The molecule has 4 aromatic rings. The highest BCUT2D eigenvalue weighted by Crippen LogP contribution is 2.26. The topological polar surface area (TPSA) is 78.2 Å². The zero-order valence-corrected chi connectivity index (χ0v) is 18.6. The van der Waals surface area contributed by atoms with E-state index < -0.39 is 6.04 Å². The quantitative estimate of drug-likeness (QED) is 0.506. The first-order chi connectivity index (χ1) is 15.4. The summed E-state index contributed by atoms with van der Waals surface area (Å²) >= 11 is 0. The van der Waals surface area contributed by atoms with Crippen LogP contribution >= 0.6 is 0 Å². The second-order valence-electron chi connectivity index (χ2n) is 7.77. The normalized spacial score (nSPS) is 12.0. The number of hydrogen-bond donors (Lipinski definition) is 1. The third kappa shape index (κ3) is 3.77. The van der Waals surface area contributed by atoms with Gasteiger partial charge < -0.3 is 10.1 Å².